The normalized spacial score (nSPS) is 11.3. The van der Waals surface area contributed by atoms with Crippen molar-refractivity contribution in [3.63, 3.8) is 0 Å². The summed E-state index contributed by atoms with van der Waals surface area (Å²) in [5.74, 6) is 0.314. The second-order valence-corrected chi connectivity index (χ2v) is 9.36. The summed E-state index contributed by atoms with van der Waals surface area (Å²) in [6.45, 7) is 2.21. The van der Waals surface area contributed by atoms with Gasteiger partial charge in [-0.25, -0.2) is 8.42 Å². The largest absolute Gasteiger partial charge is 0.497 e. The number of benzene rings is 3. The van der Waals surface area contributed by atoms with E-state index in [-0.39, 0.29) is 10.8 Å². The first-order chi connectivity index (χ1) is 15.9. The Balaban J connectivity index is 1.45. The van der Waals surface area contributed by atoms with Crippen LogP contribution in [0, 0.1) is 6.92 Å². The third kappa shape index (κ3) is 5.01. The molecule has 0 bridgehead atoms. The molecule has 0 unspecified atom stereocenters. The van der Waals surface area contributed by atoms with Crippen LogP contribution in [0.5, 0.6) is 5.75 Å². The number of carbonyl (C=O) groups is 1. The van der Waals surface area contributed by atoms with Crippen LogP contribution in [0.15, 0.2) is 77.8 Å². The molecule has 0 aliphatic rings. The molecule has 0 atom stereocenters. The van der Waals surface area contributed by atoms with Gasteiger partial charge in [0.2, 0.25) is 0 Å². The van der Waals surface area contributed by atoms with E-state index in [4.69, 9.17) is 4.74 Å². The summed E-state index contributed by atoms with van der Waals surface area (Å²) in [7, 11) is -2.32. The van der Waals surface area contributed by atoms with Gasteiger partial charge in [0.25, 0.3) is 15.9 Å². The average molecular weight is 464 g/mol. The molecule has 1 aromatic heterocycles. The topological polar surface area (TPSA) is 100 Å². The molecule has 0 saturated heterocycles. The Morgan fingerprint density at radius 2 is 1.79 bits per heavy atom. The van der Waals surface area contributed by atoms with Crippen LogP contribution in [0.4, 0.5) is 5.69 Å². The Hall–Kier alpha value is -3.78. The third-order valence-electron chi connectivity index (χ3n) is 5.46. The monoisotopic (exact) mass is 463 g/mol. The lowest BCUT2D eigenvalue weighted by molar-refractivity contribution is 0.0953. The zero-order valence-corrected chi connectivity index (χ0v) is 19.2. The van der Waals surface area contributed by atoms with E-state index in [0.717, 1.165) is 16.5 Å². The lowest BCUT2D eigenvalue weighted by Gasteiger charge is -2.12. The summed E-state index contributed by atoms with van der Waals surface area (Å²) in [4.78, 5) is 16.1. The molecular weight excluding hydrogens is 438 g/mol. The maximum absolute atomic E-state index is 12.9. The molecule has 170 valence electrons. The highest BCUT2D eigenvalue weighted by Gasteiger charge is 2.18. The molecule has 3 aromatic carbocycles. The molecule has 0 aliphatic heterocycles. The van der Waals surface area contributed by atoms with Gasteiger partial charge in [0.1, 0.15) is 5.75 Å². The highest BCUT2D eigenvalue weighted by Crippen LogP contribution is 2.22. The third-order valence-corrected chi connectivity index (χ3v) is 6.84. The number of hydrogen-bond acceptors (Lipinski definition) is 4. The lowest BCUT2D eigenvalue weighted by Crippen LogP contribution is -2.26. The van der Waals surface area contributed by atoms with Gasteiger partial charge in [0.15, 0.2) is 0 Å². The van der Waals surface area contributed by atoms with Crippen molar-refractivity contribution in [2.75, 3.05) is 18.4 Å². The standard InChI is InChI=1S/C25H25N3O4S/c1-17-7-12-21(33(30,31)28-19-8-10-20(32-2)11-9-19)15-23(17)25(29)26-14-13-18-16-27-24-6-4-3-5-22(18)24/h3-12,15-16,27-28H,13-14H2,1-2H3,(H,26,29). The highest BCUT2D eigenvalue weighted by atomic mass is 32.2. The molecule has 0 saturated carbocycles. The molecule has 0 aliphatic carbocycles. The number of aryl methyl sites for hydroxylation is 1. The Kier molecular flexibility index (Phi) is 6.37. The number of fused-ring (bicyclic) bond motifs is 1. The van der Waals surface area contributed by atoms with E-state index < -0.39 is 10.0 Å². The number of H-pyrrole nitrogens is 1. The maximum atomic E-state index is 12.9. The molecule has 1 heterocycles. The number of sulfonamides is 1. The van der Waals surface area contributed by atoms with Gasteiger partial charge in [0.05, 0.1) is 12.0 Å². The van der Waals surface area contributed by atoms with Crippen LogP contribution in [0.2, 0.25) is 0 Å². The van der Waals surface area contributed by atoms with Gasteiger partial charge in [0, 0.05) is 34.9 Å². The Bertz CT molecular complexity index is 1390. The minimum absolute atomic E-state index is 0.0192. The number of hydrogen-bond donors (Lipinski definition) is 3. The smallest absolute Gasteiger partial charge is 0.261 e. The highest BCUT2D eigenvalue weighted by molar-refractivity contribution is 7.92. The second kappa shape index (κ2) is 9.38. The Labute approximate surface area is 192 Å². The number of para-hydroxylation sites is 1. The number of ether oxygens (including phenoxy) is 1. The van der Waals surface area contributed by atoms with E-state index in [1.807, 2.05) is 30.5 Å². The summed E-state index contributed by atoms with van der Waals surface area (Å²) in [6, 6.07) is 19.1. The van der Waals surface area contributed by atoms with Crippen molar-refractivity contribution in [3.05, 3.63) is 89.6 Å². The minimum atomic E-state index is -3.86. The number of aromatic amines is 1. The molecule has 0 radical (unpaired) electrons. The van der Waals surface area contributed by atoms with Crippen LogP contribution in [0.1, 0.15) is 21.5 Å². The fourth-order valence-corrected chi connectivity index (χ4v) is 4.71. The van der Waals surface area contributed by atoms with Crippen molar-refractivity contribution >= 4 is 32.5 Å². The number of carbonyl (C=O) groups excluding carboxylic acids is 1. The van der Waals surface area contributed by atoms with Crippen molar-refractivity contribution in [3.8, 4) is 5.75 Å². The van der Waals surface area contributed by atoms with E-state index in [2.05, 4.69) is 15.0 Å². The number of nitrogens with one attached hydrogen (secondary N) is 3. The zero-order chi connectivity index (χ0) is 23.4. The summed E-state index contributed by atoms with van der Waals surface area (Å²) in [6.07, 6.45) is 2.60. The van der Waals surface area contributed by atoms with Gasteiger partial charge in [-0.2, -0.15) is 0 Å². The van der Waals surface area contributed by atoms with Crippen LogP contribution in [-0.4, -0.2) is 33.0 Å². The summed E-state index contributed by atoms with van der Waals surface area (Å²) < 4.78 is 33.3. The van der Waals surface area contributed by atoms with Crippen molar-refractivity contribution in [1.29, 1.82) is 0 Å². The number of methoxy groups -OCH3 is 1. The van der Waals surface area contributed by atoms with Gasteiger partial charge < -0.3 is 15.0 Å². The van der Waals surface area contributed by atoms with Crippen LogP contribution >= 0.6 is 0 Å². The number of rotatable bonds is 8. The first-order valence-electron chi connectivity index (χ1n) is 10.5. The van der Waals surface area contributed by atoms with Gasteiger partial charge >= 0.3 is 0 Å². The van der Waals surface area contributed by atoms with Crippen LogP contribution in [-0.2, 0) is 16.4 Å². The molecule has 4 aromatic rings. The van der Waals surface area contributed by atoms with Crippen molar-refractivity contribution in [2.45, 2.75) is 18.2 Å². The first-order valence-corrected chi connectivity index (χ1v) is 12.0. The predicted octanol–water partition coefficient (Wildman–Crippen LogP) is 4.26. The van der Waals surface area contributed by atoms with Crippen LogP contribution in [0.25, 0.3) is 10.9 Å². The molecular formula is C25H25N3O4S. The van der Waals surface area contributed by atoms with Crippen LogP contribution in [0.3, 0.4) is 0 Å². The van der Waals surface area contributed by atoms with Gasteiger partial charge in [-0.1, -0.05) is 24.3 Å². The number of amides is 1. The maximum Gasteiger partial charge on any atom is 0.261 e. The van der Waals surface area contributed by atoms with E-state index in [0.29, 0.717) is 35.5 Å². The molecule has 1 amide bonds. The molecule has 4 rings (SSSR count). The Morgan fingerprint density at radius 3 is 2.55 bits per heavy atom. The molecule has 8 heteroatoms. The number of anilines is 1. The zero-order valence-electron chi connectivity index (χ0n) is 18.4. The molecule has 7 nitrogen and oxygen atoms in total. The quantitative estimate of drug-likeness (QED) is 0.364. The first kappa shape index (κ1) is 22.4. The molecule has 33 heavy (non-hydrogen) atoms. The Morgan fingerprint density at radius 1 is 1.03 bits per heavy atom. The van der Waals surface area contributed by atoms with Gasteiger partial charge in [-0.15, -0.1) is 0 Å². The minimum Gasteiger partial charge on any atom is -0.497 e. The van der Waals surface area contributed by atoms with Crippen molar-refractivity contribution < 1.29 is 17.9 Å². The second-order valence-electron chi connectivity index (χ2n) is 7.68. The summed E-state index contributed by atoms with van der Waals surface area (Å²) in [5.41, 5.74) is 3.59. The molecule has 0 spiro atoms. The SMILES string of the molecule is COc1ccc(NS(=O)(=O)c2ccc(C)c(C(=O)NCCc3c[nH]c4ccccc34)c2)cc1. The average Bonchev–Trinajstić information content (AvgIpc) is 3.22. The summed E-state index contributed by atoms with van der Waals surface area (Å²) in [5, 5.41) is 4.03. The summed E-state index contributed by atoms with van der Waals surface area (Å²) >= 11 is 0. The van der Waals surface area contributed by atoms with E-state index in [1.165, 1.54) is 12.1 Å². The van der Waals surface area contributed by atoms with E-state index in [1.54, 1.807) is 44.4 Å². The lowest BCUT2D eigenvalue weighted by atomic mass is 10.1. The van der Waals surface area contributed by atoms with E-state index >= 15 is 0 Å². The van der Waals surface area contributed by atoms with Crippen LogP contribution < -0.4 is 14.8 Å². The molecule has 0 fully saturated rings. The fraction of sp³-hybridized carbons (Fsp3) is 0.160. The van der Waals surface area contributed by atoms with Crippen molar-refractivity contribution in [1.82, 2.24) is 10.3 Å². The van der Waals surface area contributed by atoms with Gasteiger partial charge in [-0.05, 0) is 66.9 Å². The van der Waals surface area contributed by atoms with E-state index in [9.17, 15) is 13.2 Å². The number of aromatic nitrogens is 1. The fourth-order valence-electron chi connectivity index (χ4n) is 3.63. The van der Waals surface area contributed by atoms with Crippen molar-refractivity contribution in [2.24, 2.45) is 0 Å². The van der Waals surface area contributed by atoms with Gasteiger partial charge in [-0.3, -0.25) is 9.52 Å². The molecule has 3 N–H and O–H groups in total. The predicted molar refractivity (Wildman–Crippen MR) is 129 cm³/mol.